The van der Waals surface area contributed by atoms with Crippen LogP contribution >= 0.6 is 11.3 Å². The Balaban J connectivity index is 0.000000239. The number of carbonyl (C=O) groups excluding carboxylic acids is 3. The summed E-state index contributed by atoms with van der Waals surface area (Å²) in [5.74, 6) is 1.91. The molecule has 0 bridgehead atoms. The van der Waals surface area contributed by atoms with Crippen molar-refractivity contribution < 1.29 is 24.2 Å². The van der Waals surface area contributed by atoms with E-state index in [9.17, 15) is 14.4 Å². The molecule has 4 rings (SSSR count). The van der Waals surface area contributed by atoms with Gasteiger partial charge < -0.3 is 20.1 Å². The van der Waals surface area contributed by atoms with Gasteiger partial charge in [-0.15, -0.1) is 11.3 Å². The number of benzene rings is 1. The second-order valence-corrected chi connectivity index (χ2v) is 11.0. The highest BCUT2D eigenvalue weighted by Gasteiger charge is 2.25. The van der Waals surface area contributed by atoms with Gasteiger partial charge in [0, 0.05) is 48.8 Å². The molecule has 1 unspecified atom stereocenters. The van der Waals surface area contributed by atoms with Gasteiger partial charge in [-0.25, -0.2) is 10.2 Å². The number of nitriles is 1. The Hall–Kier alpha value is -3.23. The van der Waals surface area contributed by atoms with Gasteiger partial charge in [0.25, 0.3) is 6.71 Å². The van der Waals surface area contributed by atoms with Crippen LogP contribution in [0.15, 0.2) is 35.2 Å². The molecule has 2 heterocycles. The Morgan fingerprint density at radius 3 is 2.37 bits per heavy atom. The molecule has 0 radical (unpaired) electrons. The lowest BCUT2D eigenvalue weighted by atomic mass is 9.45. The summed E-state index contributed by atoms with van der Waals surface area (Å²) < 4.78 is 5.42. The van der Waals surface area contributed by atoms with Gasteiger partial charge in [-0.2, -0.15) is 0 Å². The third-order valence-corrected chi connectivity index (χ3v) is 7.66. The molecule has 2 amide bonds. The van der Waals surface area contributed by atoms with Crippen molar-refractivity contribution in [3.63, 3.8) is 0 Å². The van der Waals surface area contributed by atoms with Crippen molar-refractivity contribution in [3.8, 4) is 11.7 Å². The fourth-order valence-electron chi connectivity index (χ4n) is 4.26. The van der Waals surface area contributed by atoms with Crippen molar-refractivity contribution in [1.29, 1.82) is 5.26 Å². The van der Waals surface area contributed by atoms with Crippen LogP contribution in [0.3, 0.4) is 0 Å². The van der Waals surface area contributed by atoms with Gasteiger partial charge in [0.1, 0.15) is 11.4 Å². The maximum atomic E-state index is 12.0. The van der Waals surface area contributed by atoms with Crippen molar-refractivity contribution in [3.05, 3.63) is 46.4 Å². The highest BCUT2D eigenvalue weighted by atomic mass is 32.1. The van der Waals surface area contributed by atoms with E-state index in [0.717, 1.165) is 25.9 Å². The number of hydrogen-bond acceptors (Lipinski definition) is 8. The lowest BCUT2D eigenvalue weighted by Crippen LogP contribution is -2.41. The second-order valence-electron chi connectivity index (χ2n) is 10.3. The van der Waals surface area contributed by atoms with Crippen LogP contribution in [0.4, 0.5) is 0 Å². The van der Waals surface area contributed by atoms with E-state index in [-0.39, 0.29) is 43.3 Å². The third kappa shape index (κ3) is 12.9. The molecule has 2 N–H and O–H groups in total. The summed E-state index contributed by atoms with van der Waals surface area (Å²) >= 11 is 1.39. The van der Waals surface area contributed by atoms with E-state index in [0.29, 0.717) is 30.0 Å². The fraction of sp³-hybridized carbons (Fsp3) is 0.567. The molecule has 41 heavy (non-hydrogen) atoms. The lowest BCUT2D eigenvalue weighted by Gasteiger charge is -2.17. The molecule has 1 aromatic heterocycles. The summed E-state index contributed by atoms with van der Waals surface area (Å²) in [6, 6.07) is 6.99. The monoisotopic (exact) mass is 582 g/mol. The molecular weight excluding hydrogens is 539 g/mol. The van der Waals surface area contributed by atoms with E-state index >= 15 is 0 Å². The van der Waals surface area contributed by atoms with Crippen LogP contribution in [-0.2, 0) is 9.59 Å². The number of hydrogen-bond donors (Lipinski definition) is 2. The minimum atomic E-state index is -0.383. The number of ketones is 1. The topological polar surface area (TPSA) is 133 Å². The average Bonchev–Trinajstić information content (AvgIpc) is 3.76. The number of carbonyl (C=O) groups is 3. The van der Waals surface area contributed by atoms with Crippen LogP contribution in [-0.4, -0.2) is 72.1 Å². The van der Waals surface area contributed by atoms with Crippen LogP contribution in [0, 0.1) is 11.2 Å². The van der Waals surface area contributed by atoms with Crippen molar-refractivity contribution in [2.24, 2.45) is 0 Å². The molecule has 2 fully saturated rings. The molecule has 222 valence electrons. The summed E-state index contributed by atoms with van der Waals surface area (Å²) in [7, 11) is 0. The third-order valence-electron chi connectivity index (χ3n) is 7.07. The number of aliphatic hydroxyl groups excluding tert-OH is 1. The number of nitrogens with zero attached hydrogens (tertiary/aromatic N) is 3. The highest BCUT2D eigenvalue weighted by molar-refractivity contribution is 7.07. The lowest BCUT2D eigenvalue weighted by molar-refractivity contribution is -0.131. The molecule has 0 spiro atoms. The number of nitrogens with one attached hydrogen (secondary N) is 1. The van der Waals surface area contributed by atoms with Gasteiger partial charge >= 0.3 is 0 Å². The standard InChI is InChI=1S/C13H13NO3S.C11H18BN3O2.C6H12/c15-5-2-6-17-11-4-1-3-10(7-11)13(16)12-8-18-9-14-12;1-9(12(2)8-13)11(17)14-7-10(16)15-5-3-4-6-15;1-2-4-6-5-3-1/h1,3-4,7-9,15H,2,5-6H2;9H,3-7H2,1-2H3,(H,14,17);1-6H2. The van der Waals surface area contributed by atoms with Crippen molar-refractivity contribution in [2.75, 3.05) is 32.8 Å². The van der Waals surface area contributed by atoms with Crippen LogP contribution in [0.25, 0.3) is 0 Å². The number of aliphatic hydroxyl groups is 1. The van der Waals surface area contributed by atoms with Gasteiger partial charge in [0.05, 0.1) is 18.7 Å². The van der Waals surface area contributed by atoms with E-state index in [1.165, 1.54) is 49.9 Å². The highest BCUT2D eigenvalue weighted by Crippen LogP contribution is 2.17. The van der Waals surface area contributed by atoms with E-state index in [2.05, 4.69) is 10.3 Å². The maximum absolute atomic E-state index is 12.0. The van der Waals surface area contributed by atoms with Gasteiger partial charge in [0.15, 0.2) is 0 Å². The largest absolute Gasteiger partial charge is 0.493 e. The number of aromatic nitrogens is 1. The smallest absolute Gasteiger partial charge is 0.276 e. The first-order valence-electron chi connectivity index (χ1n) is 14.6. The molecule has 11 heteroatoms. The Morgan fingerprint density at radius 1 is 1.15 bits per heavy atom. The number of amides is 2. The van der Waals surface area contributed by atoms with Gasteiger partial charge in [-0.1, -0.05) is 64.4 Å². The Labute approximate surface area is 248 Å². The summed E-state index contributed by atoms with van der Waals surface area (Å²) in [4.78, 5) is 41.1. The number of ether oxygens (including phenoxy) is 1. The minimum absolute atomic E-state index is 0.0346. The summed E-state index contributed by atoms with van der Waals surface area (Å²) in [6.45, 7) is 5.22. The van der Waals surface area contributed by atoms with Crippen LogP contribution in [0.1, 0.15) is 80.8 Å². The predicted molar refractivity (Wildman–Crippen MR) is 162 cm³/mol. The normalized spacial score (nSPS) is 14.7. The molecular formula is C30H43BN4O5S. The molecule has 1 aliphatic carbocycles. The van der Waals surface area contributed by atoms with Crippen molar-refractivity contribution >= 4 is 35.6 Å². The SMILES string of the molecule is C1CCCCC1.CB(C#N)C(C)C(=O)NCC(=O)N1CCCC1.O=C(c1cccc(OCCCO)c1)c1cscn1. The predicted octanol–water partition coefficient (Wildman–Crippen LogP) is 4.78. The van der Waals surface area contributed by atoms with Gasteiger partial charge in [-0.3, -0.25) is 14.4 Å². The Morgan fingerprint density at radius 2 is 1.80 bits per heavy atom. The fourth-order valence-corrected chi connectivity index (χ4v) is 4.79. The van der Waals surface area contributed by atoms with Gasteiger partial charge in [-0.05, 0) is 25.0 Å². The van der Waals surface area contributed by atoms with Crippen LogP contribution in [0.2, 0.25) is 12.6 Å². The molecule has 1 saturated heterocycles. The zero-order valence-corrected chi connectivity index (χ0v) is 25.2. The summed E-state index contributed by atoms with van der Waals surface area (Å²) in [6.07, 6.45) is 11.7. The molecule has 1 aliphatic heterocycles. The van der Waals surface area contributed by atoms with E-state index < -0.39 is 0 Å². The molecule has 9 nitrogen and oxygen atoms in total. The Bertz CT molecular complexity index is 1090. The maximum Gasteiger partial charge on any atom is 0.276 e. The van der Waals surface area contributed by atoms with Crippen molar-refractivity contribution in [2.45, 2.75) is 77.4 Å². The van der Waals surface area contributed by atoms with E-state index in [1.54, 1.807) is 53.8 Å². The summed E-state index contributed by atoms with van der Waals surface area (Å²) in [5, 5.41) is 21.7. The first kappa shape index (κ1) is 34.0. The van der Waals surface area contributed by atoms with Crippen LogP contribution in [0.5, 0.6) is 5.75 Å². The first-order chi connectivity index (χ1) is 19.9. The van der Waals surface area contributed by atoms with Gasteiger partial charge in [0.2, 0.25) is 17.6 Å². The molecule has 1 saturated carbocycles. The van der Waals surface area contributed by atoms with Crippen molar-refractivity contribution in [1.82, 2.24) is 15.2 Å². The zero-order chi connectivity index (χ0) is 29.9. The molecule has 2 aromatic rings. The number of rotatable bonds is 10. The average molecular weight is 583 g/mol. The second kappa shape index (κ2) is 19.8. The van der Waals surface area contributed by atoms with E-state index in [4.69, 9.17) is 15.1 Å². The zero-order valence-electron chi connectivity index (χ0n) is 24.3. The number of likely N-dealkylation sites (tertiary alicyclic amines) is 1. The molecule has 1 atom stereocenters. The summed E-state index contributed by atoms with van der Waals surface area (Å²) in [5.41, 5.74) is 2.64. The Kier molecular flexibility index (Phi) is 16.4. The molecule has 1 aromatic carbocycles. The van der Waals surface area contributed by atoms with E-state index in [1.807, 2.05) is 5.97 Å². The minimum Gasteiger partial charge on any atom is -0.493 e. The first-order valence-corrected chi connectivity index (χ1v) is 15.5. The molecule has 2 aliphatic rings. The number of thiazole rings is 1. The van der Waals surface area contributed by atoms with Crippen LogP contribution < -0.4 is 10.1 Å². The quantitative estimate of drug-likeness (QED) is 0.234.